The summed E-state index contributed by atoms with van der Waals surface area (Å²) in [5, 5.41) is 14.4. The summed E-state index contributed by atoms with van der Waals surface area (Å²) in [6.45, 7) is 6.65. The van der Waals surface area contributed by atoms with E-state index < -0.39 is 5.60 Å². The van der Waals surface area contributed by atoms with Crippen molar-refractivity contribution in [2.24, 2.45) is 11.8 Å². The van der Waals surface area contributed by atoms with E-state index in [0.717, 1.165) is 12.8 Å². The molecule has 30 heavy (non-hydrogen) atoms. The zero-order valence-corrected chi connectivity index (χ0v) is 19.8. The topological polar surface area (TPSA) is 43.3 Å². The molecule has 4 atom stereocenters. The summed E-state index contributed by atoms with van der Waals surface area (Å²) in [4.78, 5) is 4.25. The molecular formula is C26H40N3O+. The summed E-state index contributed by atoms with van der Waals surface area (Å²) >= 11 is 0. The van der Waals surface area contributed by atoms with Crippen LogP contribution in [0.25, 0.3) is 0 Å². The summed E-state index contributed by atoms with van der Waals surface area (Å²) in [5.74, 6) is 0.352. The maximum absolute atomic E-state index is 11.9. The van der Waals surface area contributed by atoms with E-state index in [2.05, 4.69) is 113 Å². The molecule has 1 saturated heterocycles. The van der Waals surface area contributed by atoms with Crippen LogP contribution in [0.2, 0.25) is 0 Å². The normalized spacial score (nSPS) is 28.9. The predicted molar refractivity (Wildman–Crippen MR) is 127 cm³/mol. The first-order valence-electron chi connectivity index (χ1n) is 11.3. The average Bonchev–Trinajstić information content (AvgIpc) is 2.73. The van der Waals surface area contributed by atoms with Gasteiger partial charge >= 0.3 is 0 Å². The van der Waals surface area contributed by atoms with E-state index in [0.29, 0.717) is 0 Å². The van der Waals surface area contributed by atoms with Crippen molar-refractivity contribution < 1.29 is 10.4 Å². The number of nitrogens with two attached hydrogens (primary N) is 1. The van der Waals surface area contributed by atoms with Crippen molar-refractivity contribution in [3.63, 3.8) is 0 Å². The molecule has 4 unspecified atom stereocenters. The lowest BCUT2D eigenvalue weighted by molar-refractivity contribution is -0.764. The Labute approximate surface area is 182 Å². The number of piperidine rings is 1. The Morgan fingerprint density at radius 2 is 1.13 bits per heavy atom. The minimum atomic E-state index is -0.681. The van der Waals surface area contributed by atoms with Gasteiger partial charge in [0.25, 0.3) is 0 Å². The number of rotatable bonds is 6. The van der Waals surface area contributed by atoms with Gasteiger partial charge in [-0.25, -0.2) is 0 Å². The van der Waals surface area contributed by atoms with Crippen LogP contribution in [0, 0.1) is 11.8 Å². The van der Waals surface area contributed by atoms with Gasteiger partial charge in [0.05, 0.1) is 5.60 Å². The fourth-order valence-electron chi connectivity index (χ4n) is 5.24. The van der Waals surface area contributed by atoms with Gasteiger partial charge in [-0.1, -0.05) is 51.5 Å². The zero-order chi connectivity index (χ0) is 22.1. The Morgan fingerprint density at radius 3 is 1.43 bits per heavy atom. The van der Waals surface area contributed by atoms with E-state index >= 15 is 0 Å². The van der Waals surface area contributed by atoms with E-state index in [1.807, 2.05) is 0 Å². The van der Waals surface area contributed by atoms with Crippen molar-refractivity contribution in [3.05, 3.63) is 59.7 Å². The molecule has 0 amide bonds. The third-order valence-electron chi connectivity index (χ3n) is 7.31. The van der Waals surface area contributed by atoms with Gasteiger partial charge in [-0.05, 0) is 30.7 Å². The van der Waals surface area contributed by atoms with Crippen LogP contribution in [0.1, 0.15) is 56.8 Å². The molecule has 164 valence electrons. The molecular weight excluding hydrogens is 370 g/mol. The molecule has 0 bridgehead atoms. The third kappa shape index (κ3) is 4.21. The highest BCUT2D eigenvalue weighted by Crippen LogP contribution is 2.45. The van der Waals surface area contributed by atoms with Crippen LogP contribution in [-0.4, -0.2) is 38.9 Å². The Bertz CT molecular complexity index is 750. The third-order valence-corrected chi connectivity index (χ3v) is 7.31. The quantitative estimate of drug-likeness (QED) is 0.757. The molecule has 2 aromatic rings. The molecule has 2 aromatic carbocycles. The van der Waals surface area contributed by atoms with Crippen molar-refractivity contribution in [1.29, 1.82) is 0 Å². The molecule has 0 spiro atoms. The van der Waals surface area contributed by atoms with Gasteiger partial charge in [0, 0.05) is 62.5 Å². The number of hydrogen-bond acceptors (Lipinski definition) is 3. The first-order valence-corrected chi connectivity index (χ1v) is 11.3. The second-order valence-electron chi connectivity index (χ2n) is 9.53. The molecule has 0 saturated carbocycles. The highest BCUT2D eigenvalue weighted by atomic mass is 16.3. The highest BCUT2D eigenvalue weighted by molar-refractivity contribution is 5.47. The number of benzene rings is 2. The van der Waals surface area contributed by atoms with Crippen molar-refractivity contribution in [2.45, 2.75) is 51.3 Å². The Balaban J connectivity index is 1.98. The summed E-state index contributed by atoms with van der Waals surface area (Å²) in [6, 6.07) is 18.2. The monoisotopic (exact) mass is 410 g/mol. The zero-order valence-electron chi connectivity index (χ0n) is 19.8. The molecule has 0 aliphatic carbocycles. The Morgan fingerprint density at radius 1 is 0.767 bits per heavy atom. The number of hydrogen-bond donors (Lipinski definition) is 2. The second kappa shape index (κ2) is 8.99. The van der Waals surface area contributed by atoms with Gasteiger partial charge in [-0.2, -0.15) is 0 Å². The maximum Gasteiger partial charge on any atom is 0.117 e. The number of aliphatic hydroxyl groups is 1. The van der Waals surface area contributed by atoms with Gasteiger partial charge in [-0.15, -0.1) is 0 Å². The summed E-state index contributed by atoms with van der Waals surface area (Å²) < 4.78 is 0. The Hall–Kier alpha value is -2.04. The molecule has 3 N–H and O–H groups in total. The minimum absolute atomic E-state index is 0.176. The molecule has 1 aliphatic heterocycles. The van der Waals surface area contributed by atoms with Gasteiger partial charge < -0.3 is 20.2 Å². The average molecular weight is 411 g/mol. The van der Waals surface area contributed by atoms with Crippen LogP contribution in [0.15, 0.2) is 48.5 Å². The van der Waals surface area contributed by atoms with Gasteiger partial charge in [0.15, 0.2) is 0 Å². The maximum atomic E-state index is 11.9. The standard InChI is InChI=1S/C26H39N3O/c1-8-17-26(30)18(2)24(20-9-13-22(14-10-20)28(4)5)27-25(19(26)3)21-11-15-23(16-12-21)29(6)7/h9-16,18-19,24-25,27,30H,8,17H2,1-7H3/p+1. The van der Waals surface area contributed by atoms with Gasteiger partial charge in [-0.3, -0.25) is 0 Å². The van der Waals surface area contributed by atoms with E-state index in [4.69, 9.17) is 0 Å². The fraction of sp³-hybridized carbons (Fsp3) is 0.538. The van der Waals surface area contributed by atoms with Gasteiger partial charge in [0.1, 0.15) is 12.1 Å². The molecule has 0 radical (unpaired) electrons. The molecule has 1 fully saturated rings. The highest BCUT2D eigenvalue weighted by Gasteiger charge is 2.53. The van der Waals surface area contributed by atoms with Crippen LogP contribution in [0.5, 0.6) is 0 Å². The molecule has 4 nitrogen and oxygen atoms in total. The van der Waals surface area contributed by atoms with E-state index in [9.17, 15) is 5.11 Å². The number of nitrogens with zero attached hydrogens (tertiary/aromatic N) is 2. The van der Waals surface area contributed by atoms with Crippen molar-refractivity contribution >= 4 is 11.4 Å². The molecule has 4 heteroatoms. The second-order valence-corrected chi connectivity index (χ2v) is 9.53. The lowest BCUT2D eigenvalue weighted by atomic mass is 9.64. The lowest BCUT2D eigenvalue weighted by Crippen LogP contribution is -2.93. The lowest BCUT2D eigenvalue weighted by Gasteiger charge is -2.49. The fourth-order valence-corrected chi connectivity index (χ4v) is 5.24. The summed E-state index contributed by atoms with van der Waals surface area (Å²) in [5.41, 5.74) is 4.32. The first kappa shape index (κ1) is 22.6. The van der Waals surface area contributed by atoms with Crippen molar-refractivity contribution in [2.75, 3.05) is 38.0 Å². The van der Waals surface area contributed by atoms with Crippen LogP contribution >= 0.6 is 0 Å². The Kier molecular flexibility index (Phi) is 6.78. The smallest absolute Gasteiger partial charge is 0.117 e. The summed E-state index contributed by atoms with van der Waals surface area (Å²) in [6.07, 6.45) is 1.82. The van der Waals surface area contributed by atoms with Crippen molar-refractivity contribution in [1.82, 2.24) is 0 Å². The number of anilines is 2. The van der Waals surface area contributed by atoms with Crippen LogP contribution in [0.3, 0.4) is 0 Å². The van der Waals surface area contributed by atoms with Gasteiger partial charge in [0.2, 0.25) is 0 Å². The van der Waals surface area contributed by atoms with Crippen LogP contribution < -0.4 is 15.1 Å². The summed E-state index contributed by atoms with van der Waals surface area (Å²) in [7, 11) is 8.28. The SMILES string of the molecule is CCCC1(O)C(C)C(c2ccc(N(C)C)cc2)[NH2+]C(c2ccc(N(C)C)cc2)C1C. The van der Waals surface area contributed by atoms with Crippen LogP contribution in [-0.2, 0) is 0 Å². The minimum Gasteiger partial charge on any atom is -0.389 e. The van der Waals surface area contributed by atoms with E-state index in [1.165, 1.54) is 22.5 Å². The molecule has 1 heterocycles. The predicted octanol–water partition coefficient (Wildman–Crippen LogP) is 3.98. The van der Waals surface area contributed by atoms with E-state index in [-0.39, 0.29) is 23.9 Å². The first-order chi connectivity index (χ1) is 14.2. The van der Waals surface area contributed by atoms with E-state index in [1.54, 1.807) is 0 Å². The molecule has 1 aliphatic rings. The molecule has 0 aromatic heterocycles. The number of quaternary nitrogens is 1. The molecule has 3 rings (SSSR count). The van der Waals surface area contributed by atoms with Crippen molar-refractivity contribution in [3.8, 4) is 0 Å². The van der Waals surface area contributed by atoms with Crippen LogP contribution in [0.4, 0.5) is 11.4 Å². The largest absolute Gasteiger partial charge is 0.389 e.